The number of fused-ring (bicyclic) bond motifs is 1. The molecule has 0 aliphatic heterocycles. The molecular formula is C22H37ClN4O. The molecule has 0 fully saturated rings. The van der Waals surface area contributed by atoms with E-state index in [-0.39, 0.29) is 5.28 Å². The van der Waals surface area contributed by atoms with E-state index in [9.17, 15) is 0 Å². The molecule has 0 unspecified atom stereocenters. The molecule has 2 aromatic heterocycles. The Labute approximate surface area is 174 Å². The molecule has 1 N–H and O–H groups in total. The van der Waals surface area contributed by atoms with Crippen molar-refractivity contribution in [3.63, 3.8) is 0 Å². The summed E-state index contributed by atoms with van der Waals surface area (Å²) in [5.74, 6) is 0. The smallest absolute Gasteiger partial charge is 0.224 e. The summed E-state index contributed by atoms with van der Waals surface area (Å²) in [4.78, 5) is 12.8. The van der Waals surface area contributed by atoms with Crippen molar-refractivity contribution in [3.05, 3.63) is 17.3 Å². The molecule has 0 aliphatic carbocycles. The summed E-state index contributed by atoms with van der Waals surface area (Å²) in [7, 11) is 0. The Balaban J connectivity index is 1.43. The van der Waals surface area contributed by atoms with Crippen LogP contribution < -0.4 is 0 Å². The van der Waals surface area contributed by atoms with E-state index in [1.165, 1.54) is 83.5 Å². The number of aliphatic hydroxyl groups excluding tert-OH is 1. The van der Waals surface area contributed by atoms with E-state index in [2.05, 4.69) is 19.5 Å². The molecule has 0 spiro atoms. The van der Waals surface area contributed by atoms with Crippen LogP contribution >= 0.6 is 11.6 Å². The van der Waals surface area contributed by atoms with Crippen LogP contribution in [-0.4, -0.2) is 31.2 Å². The maximum Gasteiger partial charge on any atom is 0.224 e. The van der Waals surface area contributed by atoms with Crippen LogP contribution in [0.1, 0.15) is 95.6 Å². The highest BCUT2D eigenvalue weighted by molar-refractivity contribution is 6.28. The summed E-state index contributed by atoms with van der Waals surface area (Å²) < 4.78 is 2.16. The van der Waals surface area contributed by atoms with Gasteiger partial charge in [0.2, 0.25) is 5.28 Å². The molecule has 0 radical (unpaired) electrons. The highest BCUT2D eigenvalue weighted by Gasteiger charge is 2.09. The maximum absolute atomic E-state index is 8.74. The highest BCUT2D eigenvalue weighted by atomic mass is 35.5. The van der Waals surface area contributed by atoms with Gasteiger partial charge in [0.1, 0.15) is 5.52 Å². The molecule has 158 valence electrons. The zero-order valence-electron chi connectivity index (χ0n) is 17.5. The van der Waals surface area contributed by atoms with Gasteiger partial charge in [-0.2, -0.15) is 4.98 Å². The molecular weight excluding hydrogens is 372 g/mol. The van der Waals surface area contributed by atoms with Gasteiger partial charge in [-0.1, -0.05) is 77.0 Å². The Morgan fingerprint density at radius 2 is 1.29 bits per heavy atom. The lowest BCUT2D eigenvalue weighted by Gasteiger charge is -2.06. The van der Waals surface area contributed by atoms with E-state index < -0.39 is 0 Å². The number of imidazole rings is 1. The molecule has 0 bridgehead atoms. The molecule has 0 amide bonds. The van der Waals surface area contributed by atoms with Crippen molar-refractivity contribution in [2.24, 2.45) is 0 Å². The summed E-state index contributed by atoms with van der Waals surface area (Å²) in [6, 6.07) is 0. The first-order chi connectivity index (χ1) is 13.7. The predicted molar refractivity (Wildman–Crippen MR) is 117 cm³/mol. The van der Waals surface area contributed by atoms with E-state index in [4.69, 9.17) is 16.7 Å². The van der Waals surface area contributed by atoms with Crippen molar-refractivity contribution in [1.82, 2.24) is 19.5 Å². The molecule has 0 saturated heterocycles. The quantitative estimate of drug-likeness (QED) is 0.263. The lowest BCUT2D eigenvalue weighted by Crippen LogP contribution is -1.99. The number of halogens is 1. The third-order valence-corrected chi connectivity index (χ3v) is 5.60. The monoisotopic (exact) mass is 408 g/mol. The second kappa shape index (κ2) is 13.9. The number of nitrogens with zero attached hydrogens (tertiary/aromatic N) is 4. The number of rotatable bonds is 16. The Hall–Kier alpha value is -1.20. The lowest BCUT2D eigenvalue weighted by molar-refractivity contribution is 0.282. The number of hydrogen-bond acceptors (Lipinski definition) is 4. The minimum atomic E-state index is 0.272. The Morgan fingerprint density at radius 1 is 0.786 bits per heavy atom. The number of aliphatic hydroxyl groups is 1. The van der Waals surface area contributed by atoms with Crippen LogP contribution in [0.25, 0.3) is 11.2 Å². The maximum atomic E-state index is 8.74. The van der Waals surface area contributed by atoms with Gasteiger partial charge < -0.3 is 9.67 Å². The van der Waals surface area contributed by atoms with Crippen molar-refractivity contribution >= 4 is 22.8 Å². The van der Waals surface area contributed by atoms with Gasteiger partial charge >= 0.3 is 0 Å². The third-order valence-electron chi connectivity index (χ3n) is 5.43. The fourth-order valence-electron chi connectivity index (χ4n) is 3.81. The summed E-state index contributed by atoms with van der Waals surface area (Å²) >= 11 is 5.90. The zero-order chi connectivity index (χ0) is 20.0. The first kappa shape index (κ1) is 23.1. The number of aromatic nitrogens is 4. The fourth-order valence-corrected chi connectivity index (χ4v) is 4.02. The Kier molecular flexibility index (Phi) is 11.5. The highest BCUT2D eigenvalue weighted by Crippen LogP contribution is 2.18. The minimum Gasteiger partial charge on any atom is -0.396 e. The standard InChI is InChI=1S/C22H37ClN4O/c1-19-20-21(26-22(23)25-19)24-18-27(20)16-14-12-10-8-6-4-2-3-5-7-9-11-13-15-17-28/h18,28H,2-17H2,1H3. The molecule has 2 aromatic rings. The van der Waals surface area contributed by atoms with Crippen molar-refractivity contribution in [2.75, 3.05) is 6.61 Å². The van der Waals surface area contributed by atoms with Crippen LogP contribution in [0.2, 0.25) is 5.28 Å². The molecule has 0 aliphatic rings. The van der Waals surface area contributed by atoms with Gasteiger partial charge in [-0.25, -0.2) is 9.97 Å². The second-order valence-corrected chi connectivity index (χ2v) is 8.20. The molecule has 0 saturated carbocycles. The van der Waals surface area contributed by atoms with E-state index in [0.29, 0.717) is 12.3 Å². The fraction of sp³-hybridized carbons (Fsp3) is 0.773. The van der Waals surface area contributed by atoms with Gasteiger partial charge in [0.25, 0.3) is 0 Å². The molecule has 28 heavy (non-hydrogen) atoms. The SMILES string of the molecule is Cc1nc(Cl)nc2ncn(CCCCCCCCCCCCCCCCO)c12. The third kappa shape index (κ3) is 8.44. The van der Waals surface area contributed by atoms with Gasteiger partial charge in [0.15, 0.2) is 5.65 Å². The van der Waals surface area contributed by atoms with Crippen LogP contribution in [0, 0.1) is 6.92 Å². The minimum absolute atomic E-state index is 0.272. The molecule has 6 heteroatoms. The number of unbranched alkanes of at least 4 members (excludes halogenated alkanes) is 13. The van der Waals surface area contributed by atoms with Gasteiger partial charge in [-0.15, -0.1) is 0 Å². The predicted octanol–water partition coefficient (Wildman–Crippen LogP) is 6.24. The van der Waals surface area contributed by atoms with Crippen molar-refractivity contribution < 1.29 is 5.11 Å². The van der Waals surface area contributed by atoms with Gasteiger partial charge in [-0.05, 0) is 31.4 Å². The van der Waals surface area contributed by atoms with Gasteiger partial charge in [0.05, 0.1) is 12.0 Å². The van der Waals surface area contributed by atoms with Crippen molar-refractivity contribution in [3.8, 4) is 0 Å². The van der Waals surface area contributed by atoms with Crippen molar-refractivity contribution in [1.29, 1.82) is 0 Å². The molecule has 0 aromatic carbocycles. The van der Waals surface area contributed by atoms with Crippen LogP contribution in [0.15, 0.2) is 6.33 Å². The topological polar surface area (TPSA) is 63.8 Å². The zero-order valence-corrected chi connectivity index (χ0v) is 18.3. The van der Waals surface area contributed by atoms with Crippen LogP contribution in [-0.2, 0) is 6.54 Å². The molecule has 5 nitrogen and oxygen atoms in total. The van der Waals surface area contributed by atoms with E-state index in [0.717, 1.165) is 24.2 Å². The number of hydrogen-bond donors (Lipinski definition) is 1. The van der Waals surface area contributed by atoms with E-state index in [1.54, 1.807) is 0 Å². The van der Waals surface area contributed by atoms with Crippen molar-refractivity contribution in [2.45, 2.75) is 103 Å². The average Bonchev–Trinajstić information content (AvgIpc) is 3.08. The first-order valence-electron chi connectivity index (χ1n) is 11.2. The number of aryl methyl sites for hydroxylation is 2. The first-order valence-corrected chi connectivity index (χ1v) is 11.6. The Morgan fingerprint density at radius 3 is 1.82 bits per heavy atom. The van der Waals surface area contributed by atoms with Gasteiger partial charge in [0, 0.05) is 13.2 Å². The van der Waals surface area contributed by atoms with Crippen LogP contribution in [0.3, 0.4) is 0 Å². The average molecular weight is 409 g/mol. The summed E-state index contributed by atoms with van der Waals surface area (Å²) in [6.45, 7) is 3.29. The Bertz CT molecular complexity index is 674. The summed E-state index contributed by atoms with van der Waals surface area (Å²) in [5, 5.41) is 9.02. The van der Waals surface area contributed by atoms with Crippen LogP contribution in [0.4, 0.5) is 0 Å². The summed E-state index contributed by atoms with van der Waals surface area (Å²) in [5.41, 5.74) is 2.61. The second-order valence-electron chi connectivity index (χ2n) is 7.86. The normalized spacial score (nSPS) is 11.5. The molecule has 0 atom stereocenters. The van der Waals surface area contributed by atoms with Crippen LogP contribution in [0.5, 0.6) is 0 Å². The van der Waals surface area contributed by atoms with E-state index in [1.807, 2.05) is 13.3 Å². The summed E-state index contributed by atoms with van der Waals surface area (Å²) in [6.07, 6.45) is 20.0. The molecule has 2 heterocycles. The molecule has 2 rings (SSSR count). The largest absolute Gasteiger partial charge is 0.396 e. The lowest BCUT2D eigenvalue weighted by atomic mass is 10.0. The van der Waals surface area contributed by atoms with E-state index >= 15 is 0 Å². The van der Waals surface area contributed by atoms with Gasteiger partial charge in [-0.3, -0.25) is 0 Å².